The predicted octanol–water partition coefficient (Wildman–Crippen LogP) is 0.275. The van der Waals surface area contributed by atoms with Crippen LogP contribution in [0.5, 0.6) is 0 Å². The summed E-state index contributed by atoms with van der Waals surface area (Å²) < 4.78 is 6.76. The van der Waals surface area contributed by atoms with E-state index < -0.39 is 30.5 Å². The van der Waals surface area contributed by atoms with Crippen molar-refractivity contribution in [2.75, 3.05) is 5.32 Å². The van der Waals surface area contributed by atoms with Crippen LogP contribution in [0.3, 0.4) is 0 Å². The van der Waals surface area contributed by atoms with Crippen molar-refractivity contribution in [1.82, 2.24) is 19.5 Å². The second-order valence-electron chi connectivity index (χ2n) is 6.79. The number of carboxylic acid groups (broad SMARTS) is 1. The van der Waals surface area contributed by atoms with Gasteiger partial charge in [-0.3, -0.25) is 4.57 Å². The zero-order chi connectivity index (χ0) is 18.3. The Morgan fingerprint density at radius 2 is 1.92 bits per heavy atom. The number of carboxylic acids is 1. The van der Waals surface area contributed by atoms with Gasteiger partial charge in [0.1, 0.15) is 18.5 Å². The van der Waals surface area contributed by atoms with E-state index >= 15 is 0 Å². The van der Waals surface area contributed by atoms with Crippen LogP contribution in [0.1, 0.15) is 38.3 Å². The van der Waals surface area contributed by atoms with Gasteiger partial charge in [-0.15, -0.1) is 0 Å². The Morgan fingerprint density at radius 3 is 2.62 bits per heavy atom. The summed E-state index contributed by atoms with van der Waals surface area (Å²) in [6.45, 7) is 0. The molecule has 4 atom stereocenters. The Labute approximate surface area is 148 Å². The molecule has 2 aromatic rings. The largest absolute Gasteiger partial charge is 0.479 e. The Balaban J connectivity index is 1.63. The molecule has 0 radical (unpaired) electrons. The van der Waals surface area contributed by atoms with E-state index in [9.17, 15) is 15.0 Å². The van der Waals surface area contributed by atoms with Crippen molar-refractivity contribution in [3.8, 4) is 0 Å². The van der Waals surface area contributed by atoms with Crippen molar-refractivity contribution >= 4 is 23.0 Å². The fourth-order valence-electron chi connectivity index (χ4n) is 3.68. The van der Waals surface area contributed by atoms with E-state index in [1.165, 1.54) is 36.5 Å². The summed E-state index contributed by atoms with van der Waals surface area (Å²) in [5.74, 6) is -0.735. The summed E-state index contributed by atoms with van der Waals surface area (Å²) in [5, 5.41) is 32.6. The summed E-state index contributed by atoms with van der Waals surface area (Å²) in [6.07, 6.45) is 3.02. The van der Waals surface area contributed by atoms with Gasteiger partial charge in [0.15, 0.2) is 29.3 Å². The van der Waals surface area contributed by atoms with Crippen LogP contribution in [0.25, 0.3) is 11.2 Å². The molecule has 4 rings (SSSR count). The lowest BCUT2D eigenvalue weighted by Crippen LogP contribution is -2.35. The fraction of sp³-hybridized carbons (Fsp3) is 0.625. The molecule has 1 aliphatic heterocycles. The summed E-state index contributed by atoms with van der Waals surface area (Å²) >= 11 is 0. The Hall–Kier alpha value is -2.30. The first-order chi connectivity index (χ1) is 12.6. The second-order valence-corrected chi connectivity index (χ2v) is 6.79. The number of aliphatic carboxylic acids is 1. The molecule has 0 amide bonds. The molecule has 4 N–H and O–H groups in total. The van der Waals surface area contributed by atoms with Gasteiger partial charge in [-0.05, 0) is 12.8 Å². The maximum absolute atomic E-state index is 11.2. The lowest BCUT2D eigenvalue weighted by Gasteiger charge is -2.23. The fourth-order valence-corrected chi connectivity index (χ4v) is 3.68. The normalized spacial score (nSPS) is 29.9. The Morgan fingerprint density at radius 1 is 1.15 bits per heavy atom. The van der Waals surface area contributed by atoms with Crippen LogP contribution in [-0.4, -0.2) is 65.2 Å². The molecular weight excluding hydrogens is 342 g/mol. The smallest absolute Gasteiger partial charge is 0.335 e. The van der Waals surface area contributed by atoms with Crippen molar-refractivity contribution in [3.05, 3.63) is 12.7 Å². The number of imidazole rings is 1. The van der Waals surface area contributed by atoms with Crippen molar-refractivity contribution in [2.24, 2.45) is 0 Å². The number of hydrogen-bond acceptors (Lipinski definition) is 8. The summed E-state index contributed by atoms with van der Waals surface area (Å²) in [7, 11) is 0. The average Bonchev–Trinajstić information content (AvgIpc) is 3.19. The third-order valence-corrected chi connectivity index (χ3v) is 5.06. The minimum atomic E-state index is -1.53. The van der Waals surface area contributed by atoms with Crippen molar-refractivity contribution in [1.29, 1.82) is 0 Å². The van der Waals surface area contributed by atoms with Gasteiger partial charge < -0.3 is 25.4 Å². The van der Waals surface area contributed by atoms with Crippen molar-refractivity contribution in [2.45, 2.75) is 62.7 Å². The minimum absolute atomic E-state index is 0.332. The summed E-state index contributed by atoms with van der Waals surface area (Å²) in [6, 6.07) is 0.332. The van der Waals surface area contributed by atoms with Gasteiger partial charge in [0.05, 0.1) is 6.33 Å². The number of aliphatic hydroxyl groups is 2. The number of fused-ring (bicyclic) bond motifs is 1. The molecule has 0 bridgehead atoms. The quantitative estimate of drug-likeness (QED) is 0.602. The van der Waals surface area contributed by atoms with E-state index in [1.54, 1.807) is 0 Å². The first-order valence-corrected chi connectivity index (χ1v) is 8.74. The number of anilines is 1. The standard InChI is InChI=1S/C16H21N5O5/c22-10-11(23)15(26-12(10)16(24)25)21-7-19-9-13(17-6-18-14(9)21)20-8-4-2-1-3-5-8/h6-8,10-12,15,22-23H,1-5H2,(H,24,25)(H,17,18,20)/t10-,11+,12-,15?/m0/s1. The second kappa shape index (κ2) is 6.78. The van der Waals surface area contributed by atoms with Crippen LogP contribution in [-0.2, 0) is 9.53 Å². The minimum Gasteiger partial charge on any atom is -0.479 e. The molecule has 0 aromatic carbocycles. The van der Waals surface area contributed by atoms with Crippen molar-refractivity contribution < 1.29 is 24.9 Å². The molecule has 3 heterocycles. The van der Waals surface area contributed by atoms with Crippen LogP contribution in [0.4, 0.5) is 5.82 Å². The highest BCUT2D eigenvalue weighted by Gasteiger charge is 2.48. The van der Waals surface area contributed by atoms with E-state index in [0.29, 0.717) is 23.0 Å². The van der Waals surface area contributed by atoms with Gasteiger partial charge in [0.2, 0.25) is 0 Å². The van der Waals surface area contributed by atoms with Crippen LogP contribution in [0.15, 0.2) is 12.7 Å². The number of nitrogens with one attached hydrogen (secondary N) is 1. The lowest BCUT2D eigenvalue weighted by atomic mass is 9.95. The monoisotopic (exact) mass is 363 g/mol. The zero-order valence-corrected chi connectivity index (χ0v) is 14.0. The molecule has 10 heteroatoms. The van der Waals surface area contributed by atoms with E-state index in [0.717, 1.165) is 12.8 Å². The number of hydrogen-bond donors (Lipinski definition) is 4. The topological polar surface area (TPSA) is 143 Å². The highest BCUT2D eigenvalue weighted by atomic mass is 16.6. The first-order valence-electron chi connectivity index (χ1n) is 8.74. The maximum Gasteiger partial charge on any atom is 0.335 e. The molecule has 1 aliphatic carbocycles. The van der Waals surface area contributed by atoms with Crippen LogP contribution < -0.4 is 5.32 Å². The molecule has 2 aromatic heterocycles. The molecule has 2 fully saturated rings. The number of aliphatic hydroxyl groups excluding tert-OH is 2. The van der Waals surface area contributed by atoms with E-state index in [1.807, 2.05) is 0 Å². The van der Waals surface area contributed by atoms with Crippen molar-refractivity contribution in [3.63, 3.8) is 0 Å². The van der Waals surface area contributed by atoms with Gasteiger partial charge in [-0.2, -0.15) is 0 Å². The molecular formula is C16H21N5O5. The number of ether oxygens (including phenoxy) is 1. The van der Waals surface area contributed by atoms with E-state index in [2.05, 4.69) is 20.3 Å². The maximum atomic E-state index is 11.2. The highest BCUT2D eigenvalue weighted by Crippen LogP contribution is 2.32. The van der Waals surface area contributed by atoms with Gasteiger partial charge in [0.25, 0.3) is 0 Å². The summed E-state index contributed by atoms with van der Waals surface area (Å²) in [4.78, 5) is 23.9. The van der Waals surface area contributed by atoms with E-state index in [4.69, 9.17) is 9.84 Å². The molecule has 26 heavy (non-hydrogen) atoms. The third-order valence-electron chi connectivity index (χ3n) is 5.06. The zero-order valence-electron chi connectivity index (χ0n) is 14.0. The molecule has 1 saturated heterocycles. The first kappa shape index (κ1) is 17.1. The lowest BCUT2D eigenvalue weighted by molar-refractivity contribution is -0.155. The number of aromatic nitrogens is 4. The number of rotatable bonds is 4. The molecule has 0 spiro atoms. The Kier molecular flexibility index (Phi) is 4.47. The predicted molar refractivity (Wildman–Crippen MR) is 89.4 cm³/mol. The van der Waals surface area contributed by atoms with E-state index in [-0.39, 0.29) is 0 Å². The average molecular weight is 363 g/mol. The van der Waals surface area contributed by atoms with Gasteiger partial charge in [-0.1, -0.05) is 19.3 Å². The molecule has 1 unspecified atom stereocenters. The van der Waals surface area contributed by atoms with Gasteiger partial charge >= 0.3 is 5.97 Å². The SMILES string of the molecule is O=C(O)[C@H]1OC(n2cnc3c(NC4CCCCC4)ncnc32)[C@H](O)[C@@H]1O. The molecule has 10 nitrogen and oxygen atoms in total. The van der Waals surface area contributed by atoms with Gasteiger partial charge in [0, 0.05) is 6.04 Å². The van der Waals surface area contributed by atoms with Gasteiger partial charge in [-0.25, -0.2) is 19.7 Å². The summed E-state index contributed by atoms with van der Waals surface area (Å²) in [5.41, 5.74) is 0.919. The number of nitrogens with zero attached hydrogens (tertiary/aromatic N) is 4. The molecule has 140 valence electrons. The highest BCUT2D eigenvalue weighted by molar-refractivity contribution is 5.83. The molecule has 2 aliphatic rings. The van der Waals surface area contributed by atoms with Crippen LogP contribution >= 0.6 is 0 Å². The Bertz CT molecular complexity index is 805. The van der Waals surface area contributed by atoms with Crippen LogP contribution in [0.2, 0.25) is 0 Å². The molecule has 1 saturated carbocycles. The third kappa shape index (κ3) is 2.89. The number of carbonyl (C=O) groups is 1. The van der Waals surface area contributed by atoms with Crippen LogP contribution in [0, 0.1) is 0 Å².